The van der Waals surface area contributed by atoms with Crippen molar-refractivity contribution in [3.05, 3.63) is 75.8 Å². The van der Waals surface area contributed by atoms with Crippen molar-refractivity contribution in [2.24, 2.45) is 0 Å². The number of hydrogen-bond acceptors (Lipinski definition) is 4. The van der Waals surface area contributed by atoms with Crippen molar-refractivity contribution in [1.82, 2.24) is 4.98 Å². The van der Waals surface area contributed by atoms with Gasteiger partial charge in [-0.1, -0.05) is 48.5 Å². The van der Waals surface area contributed by atoms with Gasteiger partial charge in [-0.15, -0.1) is 0 Å². The second-order valence-electron chi connectivity index (χ2n) is 4.76. The molecule has 0 saturated carbocycles. The number of pyridine rings is 1. The van der Waals surface area contributed by atoms with Gasteiger partial charge in [0.05, 0.1) is 10.4 Å². The summed E-state index contributed by atoms with van der Waals surface area (Å²) >= 11 is 0. The lowest BCUT2D eigenvalue weighted by molar-refractivity contribution is -0.384. The van der Waals surface area contributed by atoms with Gasteiger partial charge in [-0.3, -0.25) is 10.1 Å². The molecule has 0 aliphatic carbocycles. The van der Waals surface area contributed by atoms with Crippen molar-refractivity contribution in [3.8, 4) is 0 Å². The summed E-state index contributed by atoms with van der Waals surface area (Å²) in [5, 5.41) is 12.1. The van der Waals surface area contributed by atoms with Gasteiger partial charge in [0.25, 0.3) is 0 Å². The normalized spacial score (nSPS) is 10.7. The molecule has 3 rings (SSSR count). The minimum absolute atomic E-state index is 0.0374. The highest BCUT2D eigenvalue weighted by Crippen LogP contribution is 2.33. The maximum atomic E-state index is 11.4. The zero-order valence-electron chi connectivity index (χ0n) is 11.2. The minimum atomic E-state index is -0.451. The third-order valence-electron chi connectivity index (χ3n) is 3.40. The van der Waals surface area contributed by atoms with Crippen molar-refractivity contribution in [2.45, 2.75) is 6.42 Å². The zero-order valence-corrected chi connectivity index (χ0v) is 11.2. The highest BCUT2D eigenvalue weighted by molar-refractivity contribution is 5.89. The molecule has 3 aromatic rings. The molecule has 0 aliphatic heterocycles. The van der Waals surface area contributed by atoms with E-state index in [1.807, 2.05) is 54.6 Å². The van der Waals surface area contributed by atoms with Crippen molar-refractivity contribution in [3.63, 3.8) is 0 Å². The summed E-state index contributed by atoms with van der Waals surface area (Å²) in [6.45, 7) is 0. The highest BCUT2D eigenvalue weighted by atomic mass is 16.6. The van der Waals surface area contributed by atoms with Crippen molar-refractivity contribution >= 4 is 22.4 Å². The van der Waals surface area contributed by atoms with E-state index in [-0.39, 0.29) is 11.5 Å². The molecule has 0 bridgehead atoms. The number of hydrogen-bond donors (Lipinski definition) is 1. The van der Waals surface area contributed by atoms with Gasteiger partial charge >= 0.3 is 5.69 Å². The standard InChI is InChI=1S/C16H13N3O2/c17-16-15(19(20)21)13(10-11-6-2-1-3-7-11)12-8-4-5-9-14(12)18-16/h1-9H,10H2,(H2,17,18). The van der Waals surface area contributed by atoms with E-state index >= 15 is 0 Å². The number of fused-ring (bicyclic) bond motifs is 1. The first-order valence-corrected chi connectivity index (χ1v) is 6.52. The first kappa shape index (κ1) is 13.1. The fourth-order valence-corrected chi connectivity index (χ4v) is 2.47. The lowest BCUT2D eigenvalue weighted by Gasteiger charge is -2.09. The Morgan fingerprint density at radius 1 is 1.05 bits per heavy atom. The second-order valence-corrected chi connectivity index (χ2v) is 4.76. The van der Waals surface area contributed by atoms with E-state index in [0.717, 1.165) is 10.9 Å². The Labute approximate surface area is 121 Å². The Kier molecular flexibility index (Phi) is 3.23. The quantitative estimate of drug-likeness (QED) is 0.589. The molecular formula is C16H13N3O2. The smallest absolute Gasteiger partial charge is 0.315 e. The van der Waals surface area contributed by atoms with Crippen molar-refractivity contribution < 1.29 is 4.92 Å². The molecule has 2 aromatic carbocycles. The molecule has 2 N–H and O–H groups in total. The fourth-order valence-electron chi connectivity index (χ4n) is 2.47. The van der Waals surface area contributed by atoms with Crippen LogP contribution in [0.1, 0.15) is 11.1 Å². The molecule has 0 fully saturated rings. The Morgan fingerprint density at radius 2 is 1.71 bits per heavy atom. The van der Waals surface area contributed by atoms with E-state index in [9.17, 15) is 10.1 Å². The van der Waals surface area contributed by atoms with E-state index < -0.39 is 4.92 Å². The molecule has 5 nitrogen and oxygen atoms in total. The first-order valence-electron chi connectivity index (χ1n) is 6.52. The second kappa shape index (κ2) is 5.20. The number of anilines is 1. The molecule has 0 spiro atoms. The average Bonchev–Trinajstić information content (AvgIpc) is 2.47. The van der Waals surface area contributed by atoms with Crippen LogP contribution in [0, 0.1) is 10.1 Å². The number of rotatable bonds is 3. The van der Waals surface area contributed by atoms with Crippen LogP contribution in [0.2, 0.25) is 0 Å². The summed E-state index contributed by atoms with van der Waals surface area (Å²) in [5.74, 6) is -0.0374. The van der Waals surface area contributed by atoms with E-state index in [4.69, 9.17) is 5.73 Å². The molecule has 5 heteroatoms. The number of nitrogens with two attached hydrogens (primary N) is 1. The summed E-state index contributed by atoms with van der Waals surface area (Å²) in [6.07, 6.45) is 0.449. The van der Waals surface area contributed by atoms with Gasteiger partial charge in [0.15, 0.2) is 0 Å². The van der Waals surface area contributed by atoms with Gasteiger partial charge in [-0.2, -0.15) is 0 Å². The van der Waals surface area contributed by atoms with Gasteiger partial charge in [0.1, 0.15) is 0 Å². The van der Waals surface area contributed by atoms with Crippen LogP contribution in [0.25, 0.3) is 10.9 Å². The lowest BCUT2D eigenvalue weighted by Crippen LogP contribution is -2.05. The van der Waals surface area contributed by atoms with Crippen LogP contribution in [-0.2, 0) is 6.42 Å². The minimum Gasteiger partial charge on any atom is -0.378 e. The van der Waals surface area contributed by atoms with Gasteiger partial charge in [0, 0.05) is 17.4 Å². The molecule has 1 heterocycles. The maximum Gasteiger partial charge on any atom is 0.315 e. The summed E-state index contributed by atoms with van der Waals surface area (Å²) in [6, 6.07) is 16.9. The van der Waals surface area contributed by atoms with Crippen LogP contribution in [-0.4, -0.2) is 9.91 Å². The summed E-state index contributed by atoms with van der Waals surface area (Å²) < 4.78 is 0. The number of nitro groups is 1. The SMILES string of the molecule is Nc1nc2ccccc2c(Cc2ccccc2)c1[N+](=O)[O-]. The number of benzene rings is 2. The third-order valence-corrected chi connectivity index (χ3v) is 3.40. The maximum absolute atomic E-state index is 11.4. The van der Waals surface area contributed by atoms with Crippen molar-refractivity contribution in [1.29, 1.82) is 0 Å². The molecule has 1 aromatic heterocycles. The average molecular weight is 279 g/mol. The van der Waals surface area contributed by atoms with Crippen LogP contribution in [0.5, 0.6) is 0 Å². The molecular weight excluding hydrogens is 266 g/mol. The molecule has 0 unspecified atom stereocenters. The van der Waals surface area contributed by atoms with Crippen LogP contribution < -0.4 is 5.73 Å². The fraction of sp³-hybridized carbons (Fsp3) is 0.0625. The molecule has 104 valence electrons. The molecule has 0 atom stereocenters. The number of para-hydroxylation sites is 1. The predicted molar refractivity (Wildman–Crippen MR) is 82.1 cm³/mol. The van der Waals surface area contributed by atoms with Crippen LogP contribution in [0.4, 0.5) is 11.5 Å². The molecule has 0 saturated heterocycles. The highest BCUT2D eigenvalue weighted by Gasteiger charge is 2.22. The Morgan fingerprint density at radius 3 is 2.43 bits per heavy atom. The van der Waals surface area contributed by atoms with Gasteiger partial charge in [-0.25, -0.2) is 4.98 Å². The summed E-state index contributed by atoms with van der Waals surface area (Å²) in [5.41, 5.74) is 7.96. The zero-order chi connectivity index (χ0) is 14.8. The molecule has 0 radical (unpaired) electrons. The van der Waals surface area contributed by atoms with Gasteiger partial charge < -0.3 is 5.73 Å². The Balaban J connectivity index is 2.26. The van der Waals surface area contributed by atoms with E-state index in [0.29, 0.717) is 17.5 Å². The van der Waals surface area contributed by atoms with Crippen molar-refractivity contribution in [2.75, 3.05) is 5.73 Å². The largest absolute Gasteiger partial charge is 0.378 e. The van der Waals surface area contributed by atoms with E-state index in [2.05, 4.69) is 4.98 Å². The Bertz CT molecular complexity index is 816. The van der Waals surface area contributed by atoms with Gasteiger partial charge in [-0.05, 0) is 11.6 Å². The molecule has 0 amide bonds. The van der Waals surface area contributed by atoms with E-state index in [1.54, 1.807) is 0 Å². The lowest BCUT2D eigenvalue weighted by atomic mass is 9.99. The van der Waals surface area contributed by atoms with Crippen LogP contribution in [0.3, 0.4) is 0 Å². The molecule has 0 aliphatic rings. The third kappa shape index (κ3) is 2.41. The van der Waals surface area contributed by atoms with Crippen LogP contribution in [0.15, 0.2) is 54.6 Å². The summed E-state index contributed by atoms with van der Waals surface area (Å²) in [4.78, 5) is 15.0. The first-order chi connectivity index (χ1) is 10.2. The predicted octanol–water partition coefficient (Wildman–Crippen LogP) is 3.32. The molecule has 21 heavy (non-hydrogen) atoms. The number of nitrogen functional groups attached to an aromatic ring is 1. The number of nitrogens with zero attached hydrogens (tertiary/aromatic N) is 2. The summed E-state index contributed by atoms with van der Waals surface area (Å²) in [7, 11) is 0. The van der Waals surface area contributed by atoms with Crippen LogP contribution >= 0.6 is 0 Å². The number of aromatic nitrogens is 1. The monoisotopic (exact) mass is 279 g/mol. The van der Waals surface area contributed by atoms with Gasteiger partial charge in [0.2, 0.25) is 5.82 Å². The van der Waals surface area contributed by atoms with E-state index in [1.165, 1.54) is 0 Å². The topological polar surface area (TPSA) is 82.0 Å². The Hall–Kier alpha value is -2.95.